The molecule has 3 unspecified atom stereocenters. The number of pyridine rings is 2. The van der Waals surface area contributed by atoms with Crippen LogP contribution < -0.4 is 10.6 Å². The summed E-state index contributed by atoms with van der Waals surface area (Å²) in [6.45, 7) is 10.5. The average molecular weight is 868 g/mol. The first-order valence-electron chi connectivity index (χ1n) is 23.0. The summed E-state index contributed by atoms with van der Waals surface area (Å²) >= 11 is 12.9. The molecule has 2 saturated heterocycles. The Balaban J connectivity index is 0.000000158. The monoisotopic (exact) mass is 866 g/mol. The Labute approximate surface area is 377 Å². The fourth-order valence-electron chi connectivity index (χ4n) is 10.9. The third kappa shape index (κ3) is 9.50. The number of piperidine rings is 2. The second kappa shape index (κ2) is 19.8. The number of allylic oxidation sites excluding steroid dienone is 1. The Morgan fingerprint density at radius 2 is 1.23 bits per heavy atom. The second-order valence-electron chi connectivity index (χ2n) is 17.8. The number of hydrogen-bond donors (Lipinski definition) is 2. The van der Waals surface area contributed by atoms with E-state index >= 15 is 0 Å². The number of rotatable bonds is 10. The van der Waals surface area contributed by atoms with Gasteiger partial charge in [-0.1, -0.05) is 53.5 Å². The van der Waals surface area contributed by atoms with Crippen molar-refractivity contribution in [3.8, 4) is 0 Å². The van der Waals surface area contributed by atoms with Crippen LogP contribution in [0.15, 0.2) is 97.8 Å². The molecular weight excluding hydrogens is 808 g/mol. The van der Waals surface area contributed by atoms with Crippen molar-refractivity contribution in [3.05, 3.63) is 164 Å². The lowest BCUT2D eigenvalue weighted by atomic mass is 9.76. The topological polar surface area (TPSA) is 85.5 Å². The van der Waals surface area contributed by atoms with Crippen LogP contribution in [0.2, 0.25) is 10.0 Å². The number of fused-ring (bicyclic) bond motifs is 4. The summed E-state index contributed by atoms with van der Waals surface area (Å²) in [4.78, 5) is 18.7. The minimum Gasteiger partial charge on any atom is -0.335 e. The van der Waals surface area contributed by atoms with Gasteiger partial charge >= 0.3 is 0 Å². The largest absolute Gasteiger partial charge is 0.335 e. The number of hydrogen-bond acceptors (Lipinski definition) is 6. The van der Waals surface area contributed by atoms with E-state index in [0.29, 0.717) is 29.6 Å². The van der Waals surface area contributed by atoms with Crippen molar-refractivity contribution in [2.45, 2.75) is 102 Å². The minimum atomic E-state index is 0.315. The Hall–Kier alpha value is -4.60. The molecule has 0 saturated carbocycles. The number of aromatic nitrogens is 6. The summed E-state index contributed by atoms with van der Waals surface area (Å²) in [5, 5.41) is 8.69. The molecule has 8 nitrogen and oxygen atoms in total. The van der Waals surface area contributed by atoms with Crippen molar-refractivity contribution in [1.82, 2.24) is 39.7 Å². The standard InChI is InChI=1S/C26H31ClN4.C26H29ClN4/c2*1-18-29-13-15-31(18)14-3-4-20-16-21-17-22(27)6-7-23(21)25(19-8-11-28-12-9-19)26-24(20)5-2-10-30-26/h2,5-7,10,13,15,17,19-20,25,28H,3-4,8-9,11-12,14,16H2,1H3;2,5-7,10,13,15-17,19,25,28H,3-4,8-9,11-12,14H2,1H3. The number of aryl methyl sites for hydroxylation is 4. The highest BCUT2D eigenvalue weighted by atomic mass is 35.5. The van der Waals surface area contributed by atoms with Gasteiger partial charge in [0.15, 0.2) is 0 Å². The molecule has 2 fully saturated rings. The predicted octanol–water partition coefficient (Wildman–Crippen LogP) is 11.2. The zero-order chi connectivity index (χ0) is 42.4. The van der Waals surface area contributed by atoms with Gasteiger partial charge in [-0.15, -0.1) is 0 Å². The quantitative estimate of drug-likeness (QED) is 0.143. The highest BCUT2D eigenvalue weighted by Crippen LogP contribution is 2.47. The summed E-state index contributed by atoms with van der Waals surface area (Å²) in [7, 11) is 0. The third-order valence-corrected chi connectivity index (χ3v) is 14.5. The van der Waals surface area contributed by atoms with Gasteiger partial charge in [0.05, 0.1) is 11.4 Å². The van der Waals surface area contributed by atoms with Crippen molar-refractivity contribution in [3.63, 3.8) is 0 Å². The van der Waals surface area contributed by atoms with Crippen LogP contribution in [-0.2, 0) is 19.5 Å². The first kappa shape index (κ1) is 42.7. The molecule has 0 amide bonds. The van der Waals surface area contributed by atoms with Crippen LogP contribution in [0.3, 0.4) is 0 Å². The lowest BCUT2D eigenvalue weighted by Crippen LogP contribution is -2.32. The highest BCUT2D eigenvalue weighted by molar-refractivity contribution is 6.31. The molecular formula is C52H60Cl2N8. The first-order chi connectivity index (χ1) is 30.4. The van der Waals surface area contributed by atoms with Gasteiger partial charge in [0.2, 0.25) is 0 Å². The maximum absolute atomic E-state index is 6.48. The summed E-state index contributed by atoms with van der Waals surface area (Å²) < 4.78 is 4.48. The van der Waals surface area contributed by atoms with Crippen LogP contribution in [0, 0.1) is 25.7 Å². The van der Waals surface area contributed by atoms with Crippen LogP contribution in [-0.4, -0.2) is 55.2 Å². The van der Waals surface area contributed by atoms with Crippen molar-refractivity contribution in [2.24, 2.45) is 11.8 Å². The van der Waals surface area contributed by atoms with Gasteiger partial charge < -0.3 is 19.8 Å². The Morgan fingerprint density at radius 1 is 0.629 bits per heavy atom. The summed E-state index contributed by atoms with van der Waals surface area (Å²) in [5.41, 5.74) is 12.1. The van der Waals surface area contributed by atoms with Gasteiger partial charge in [-0.3, -0.25) is 9.97 Å². The van der Waals surface area contributed by atoms with E-state index < -0.39 is 0 Å². The fourth-order valence-corrected chi connectivity index (χ4v) is 11.3. The smallest absolute Gasteiger partial charge is 0.105 e. The zero-order valence-corrected chi connectivity index (χ0v) is 37.8. The van der Waals surface area contributed by atoms with E-state index in [9.17, 15) is 0 Å². The number of benzene rings is 2. The second-order valence-corrected chi connectivity index (χ2v) is 18.7. The molecule has 322 valence electrons. The molecule has 3 atom stereocenters. The molecule has 4 aromatic heterocycles. The molecule has 10 heteroatoms. The molecule has 0 bridgehead atoms. The number of nitrogens with zero attached hydrogens (tertiary/aromatic N) is 6. The third-order valence-electron chi connectivity index (χ3n) is 14.1. The highest BCUT2D eigenvalue weighted by Gasteiger charge is 2.36. The number of nitrogens with one attached hydrogen (secondary N) is 2. The van der Waals surface area contributed by atoms with E-state index in [1.807, 2.05) is 30.9 Å². The molecule has 10 rings (SSSR count). The van der Waals surface area contributed by atoms with Crippen LogP contribution in [0.1, 0.15) is 126 Å². The van der Waals surface area contributed by atoms with Gasteiger partial charge in [0, 0.05) is 72.2 Å². The predicted molar refractivity (Wildman–Crippen MR) is 253 cm³/mol. The number of imidazole rings is 2. The normalized spacial score (nSPS) is 20.1. The molecule has 6 aromatic rings. The molecule has 62 heavy (non-hydrogen) atoms. The summed E-state index contributed by atoms with van der Waals surface area (Å²) in [6, 6.07) is 21.8. The maximum atomic E-state index is 6.48. The molecule has 2 aliphatic carbocycles. The van der Waals surface area contributed by atoms with Gasteiger partial charge in [-0.05, 0) is 191 Å². The molecule has 2 N–H and O–H groups in total. The van der Waals surface area contributed by atoms with E-state index in [1.165, 1.54) is 76.0 Å². The summed E-state index contributed by atoms with van der Waals surface area (Å²) in [5.74, 6) is 4.53. The van der Waals surface area contributed by atoms with Crippen LogP contribution >= 0.6 is 23.2 Å². The van der Waals surface area contributed by atoms with E-state index in [4.69, 9.17) is 33.2 Å². The van der Waals surface area contributed by atoms with E-state index in [1.54, 1.807) is 0 Å². The van der Waals surface area contributed by atoms with E-state index in [0.717, 1.165) is 93.1 Å². The van der Waals surface area contributed by atoms with Gasteiger partial charge in [-0.2, -0.15) is 0 Å². The van der Waals surface area contributed by atoms with Gasteiger partial charge in [0.1, 0.15) is 11.6 Å². The van der Waals surface area contributed by atoms with E-state index in [2.05, 4.69) is 117 Å². The average Bonchev–Trinajstić information content (AvgIpc) is 3.84. The number of halogens is 2. The Morgan fingerprint density at radius 3 is 1.89 bits per heavy atom. The summed E-state index contributed by atoms with van der Waals surface area (Å²) in [6.07, 6.45) is 24.4. The lowest BCUT2D eigenvalue weighted by Gasteiger charge is -2.32. The molecule has 2 aliphatic heterocycles. The van der Waals surface area contributed by atoms with Gasteiger partial charge in [0.25, 0.3) is 0 Å². The maximum Gasteiger partial charge on any atom is 0.105 e. The van der Waals surface area contributed by atoms with Crippen molar-refractivity contribution < 1.29 is 0 Å². The van der Waals surface area contributed by atoms with E-state index in [-0.39, 0.29) is 0 Å². The minimum absolute atomic E-state index is 0.315. The SMILES string of the molecule is Cc1nccn1CCCC1=Cc2cc(Cl)ccc2C(C2CCNCC2)c2ncccc21.Cc1nccn1CCCC1Cc2cc(Cl)ccc2C(C2CCNCC2)c2ncccc21. The van der Waals surface area contributed by atoms with Crippen molar-refractivity contribution in [1.29, 1.82) is 0 Å². The first-order valence-corrected chi connectivity index (χ1v) is 23.7. The fraction of sp³-hybridized carbons (Fsp3) is 0.423. The van der Waals surface area contributed by atoms with Crippen molar-refractivity contribution in [2.75, 3.05) is 26.2 Å². The van der Waals surface area contributed by atoms with Crippen LogP contribution in [0.5, 0.6) is 0 Å². The zero-order valence-electron chi connectivity index (χ0n) is 36.2. The Bertz CT molecular complexity index is 2460. The molecule has 2 aromatic carbocycles. The molecule has 0 spiro atoms. The van der Waals surface area contributed by atoms with Crippen molar-refractivity contribution >= 4 is 34.9 Å². The molecule has 6 heterocycles. The Kier molecular flexibility index (Phi) is 13.7. The van der Waals surface area contributed by atoms with Gasteiger partial charge in [-0.25, -0.2) is 9.97 Å². The van der Waals surface area contributed by atoms with Crippen LogP contribution in [0.25, 0.3) is 11.6 Å². The molecule has 4 aliphatic rings. The lowest BCUT2D eigenvalue weighted by molar-refractivity contribution is 0.338. The molecule has 0 radical (unpaired) electrons. The van der Waals surface area contributed by atoms with Crippen LogP contribution in [0.4, 0.5) is 0 Å².